The molecule has 0 aromatic heterocycles. The maximum absolute atomic E-state index is 4.44. The quantitative estimate of drug-likeness (QED) is 0.807. The molecule has 2 rings (SSSR count). The van der Waals surface area contributed by atoms with Gasteiger partial charge >= 0.3 is 0 Å². The first-order valence-electron chi connectivity index (χ1n) is 5.89. The molecule has 0 amide bonds. The lowest BCUT2D eigenvalue weighted by atomic mass is 10.0. The van der Waals surface area contributed by atoms with Crippen LogP contribution in [0.1, 0.15) is 17.2 Å². The lowest BCUT2D eigenvalue weighted by Crippen LogP contribution is -2.21. The SMILES string of the molecule is Cc1ccc2cc(C(CS)N(C)C)ccc2c1. The molecule has 0 N–H and O–H groups in total. The van der Waals surface area contributed by atoms with Crippen LogP contribution < -0.4 is 0 Å². The van der Waals surface area contributed by atoms with Gasteiger partial charge in [0.15, 0.2) is 0 Å². The van der Waals surface area contributed by atoms with Gasteiger partial charge in [0.2, 0.25) is 0 Å². The van der Waals surface area contributed by atoms with Gasteiger partial charge in [-0.2, -0.15) is 12.6 Å². The van der Waals surface area contributed by atoms with Gasteiger partial charge in [0.25, 0.3) is 0 Å². The number of aryl methyl sites for hydroxylation is 1. The number of nitrogens with zero attached hydrogens (tertiary/aromatic N) is 1. The van der Waals surface area contributed by atoms with Crippen molar-refractivity contribution in [1.29, 1.82) is 0 Å². The summed E-state index contributed by atoms with van der Waals surface area (Å²) in [4.78, 5) is 2.21. The molecule has 1 unspecified atom stereocenters. The van der Waals surface area contributed by atoms with E-state index in [9.17, 15) is 0 Å². The Kier molecular flexibility index (Phi) is 3.75. The number of fused-ring (bicyclic) bond motifs is 1. The van der Waals surface area contributed by atoms with Crippen molar-refractivity contribution in [3.05, 3.63) is 47.5 Å². The van der Waals surface area contributed by atoms with Gasteiger partial charge in [-0.15, -0.1) is 0 Å². The van der Waals surface area contributed by atoms with E-state index >= 15 is 0 Å². The van der Waals surface area contributed by atoms with Crippen LogP contribution in [0.5, 0.6) is 0 Å². The highest BCUT2D eigenvalue weighted by Crippen LogP contribution is 2.24. The van der Waals surface area contributed by atoms with Crippen LogP contribution in [0.2, 0.25) is 0 Å². The van der Waals surface area contributed by atoms with Gasteiger partial charge in [0.1, 0.15) is 0 Å². The van der Waals surface area contributed by atoms with Gasteiger partial charge in [0.05, 0.1) is 0 Å². The van der Waals surface area contributed by atoms with Crippen molar-refractivity contribution >= 4 is 23.4 Å². The number of hydrogen-bond acceptors (Lipinski definition) is 2. The molecule has 0 aliphatic heterocycles. The molecule has 0 fully saturated rings. The minimum Gasteiger partial charge on any atom is -0.302 e. The zero-order valence-corrected chi connectivity index (χ0v) is 11.5. The Labute approximate surface area is 109 Å². The van der Waals surface area contributed by atoms with E-state index in [4.69, 9.17) is 0 Å². The van der Waals surface area contributed by atoms with Crippen LogP contribution in [0.4, 0.5) is 0 Å². The molecule has 90 valence electrons. The molecule has 0 aliphatic rings. The van der Waals surface area contributed by atoms with E-state index in [1.54, 1.807) is 0 Å². The van der Waals surface area contributed by atoms with Crippen LogP contribution >= 0.6 is 12.6 Å². The fourth-order valence-electron chi connectivity index (χ4n) is 2.16. The number of hydrogen-bond donors (Lipinski definition) is 1. The summed E-state index contributed by atoms with van der Waals surface area (Å²) < 4.78 is 0. The Hall–Kier alpha value is -0.990. The fraction of sp³-hybridized carbons (Fsp3) is 0.333. The number of benzene rings is 2. The van der Waals surface area contributed by atoms with E-state index in [2.05, 4.69) is 74.9 Å². The zero-order valence-electron chi connectivity index (χ0n) is 10.6. The average Bonchev–Trinajstić information content (AvgIpc) is 2.29. The maximum Gasteiger partial charge on any atom is 0.0430 e. The summed E-state index contributed by atoms with van der Waals surface area (Å²) in [7, 11) is 4.19. The average molecular weight is 245 g/mol. The summed E-state index contributed by atoms with van der Waals surface area (Å²) in [5.41, 5.74) is 2.64. The molecule has 17 heavy (non-hydrogen) atoms. The monoisotopic (exact) mass is 245 g/mol. The third kappa shape index (κ3) is 2.64. The number of thiol groups is 1. The number of rotatable bonds is 3. The molecule has 0 saturated carbocycles. The lowest BCUT2D eigenvalue weighted by Gasteiger charge is -2.23. The Morgan fingerprint density at radius 1 is 1.06 bits per heavy atom. The Bertz CT molecular complexity index is 519. The van der Waals surface area contributed by atoms with Crippen molar-refractivity contribution in [2.45, 2.75) is 13.0 Å². The third-order valence-corrected chi connectivity index (χ3v) is 3.55. The molecular weight excluding hydrogens is 226 g/mol. The topological polar surface area (TPSA) is 3.24 Å². The molecule has 1 atom stereocenters. The molecule has 2 aromatic rings. The van der Waals surface area contributed by atoms with Crippen molar-refractivity contribution in [3.63, 3.8) is 0 Å². The molecule has 0 aliphatic carbocycles. The van der Waals surface area contributed by atoms with Crippen molar-refractivity contribution < 1.29 is 0 Å². The van der Waals surface area contributed by atoms with Gasteiger partial charge in [-0.25, -0.2) is 0 Å². The highest BCUT2D eigenvalue weighted by atomic mass is 32.1. The standard InChI is InChI=1S/C15H19NS/c1-11-4-5-13-9-14(7-6-12(13)8-11)15(10-17)16(2)3/h4-9,15,17H,10H2,1-3H3. The van der Waals surface area contributed by atoms with E-state index in [0.29, 0.717) is 6.04 Å². The molecule has 2 heteroatoms. The molecule has 2 aromatic carbocycles. The van der Waals surface area contributed by atoms with E-state index in [0.717, 1.165) is 5.75 Å². The lowest BCUT2D eigenvalue weighted by molar-refractivity contribution is 0.327. The van der Waals surface area contributed by atoms with E-state index in [-0.39, 0.29) is 0 Å². The van der Waals surface area contributed by atoms with Gasteiger partial charge in [0, 0.05) is 11.8 Å². The molecule has 0 heterocycles. The molecule has 0 spiro atoms. The van der Waals surface area contributed by atoms with Crippen LogP contribution in [0, 0.1) is 6.92 Å². The normalized spacial score (nSPS) is 13.2. The van der Waals surface area contributed by atoms with Gasteiger partial charge < -0.3 is 4.90 Å². The summed E-state index contributed by atoms with van der Waals surface area (Å²) in [6.45, 7) is 2.13. The van der Waals surface area contributed by atoms with Crippen LogP contribution in [-0.2, 0) is 0 Å². The van der Waals surface area contributed by atoms with Crippen LogP contribution in [0.3, 0.4) is 0 Å². The summed E-state index contributed by atoms with van der Waals surface area (Å²) >= 11 is 4.44. The van der Waals surface area contributed by atoms with Crippen LogP contribution in [0.15, 0.2) is 36.4 Å². The van der Waals surface area contributed by atoms with Crippen molar-refractivity contribution in [2.24, 2.45) is 0 Å². The summed E-state index contributed by atoms with van der Waals surface area (Å²) in [6.07, 6.45) is 0. The summed E-state index contributed by atoms with van der Waals surface area (Å²) in [5.74, 6) is 0.838. The highest BCUT2D eigenvalue weighted by molar-refractivity contribution is 7.80. The van der Waals surface area contributed by atoms with Crippen LogP contribution in [-0.4, -0.2) is 24.7 Å². The first-order valence-corrected chi connectivity index (χ1v) is 6.52. The largest absolute Gasteiger partial charge is 0.302 e. The van der Waals surface area contributed by atoms with E-state index in [1.807, 2.05) is 0 Å². The molecule has 1 nitrogen and oxygen atoms in total. The minimum atomic E-state index is 0.379. The maximum atomic E-state index is 4.44. The first-order chi connectivity index (χ1) is 8.11. The second-order valence-corrected chi connectivity index (χ2v) is 5.14. The summed E-state index contributed by atoms with van der Waals surface area (Å²) in [5, 5.41) is 2.62. The first kappa shape index (κ1) is 12.5. The van der Waals surface area contributed by atoms with Crippen molar-refractivity contribution in [1.82, 2.24) is 4.90 Å². The Balaban J connectivity index is 2.47. The van der Waals surface area contributed by atoms with Gasteiger partial charge in [-0.1, -0.05) is 35.9 Å². The zero-order chi connectivity index (χ0) is 12.4. The molecule has 0 radical (unpaired) electrons. The van der Waals surface area contributed by atoms with E-state index in [1.165, 1.54) is 21.9 Å². The molecule has 0 saturated heterocycles. The van der Waals surface area contributed by atoms with Gasteiger partial charge in [-0.05, 0) is 43.4 Å². The Morgan fingerprint density at radius 3 is 2.35 bits per heavy atom. The molecular formula is C15H19NS. The highest BCUT2D eigenvalue weighted by Gasteiger charge is 2.12. The smallest absolute Gasteiger partial charge is 0.0430 e. The summed E-state index contributed by atoms with van der Waals surface area (Å²) in [6, 6.07) is 13.7. The Morgan fingerprint density at radius 2 is 1.71 bits per heavy atom. The second-order valence-electron chi connectivity index (χ2n) is 4.77. The molecule has 0 bridgehead atoms. The third-order valence-electron chi connectivity index (χ3n) is 3.20. The second kappa shape index (κ2) is 5.11. The fourth-order valence-corrected chi connectivity index (χ4v) is 2.70. The minimum absolute atomic E-state index is 0.379. The van der Waals surface area contributed by atoms with E-state index < -0.39 is 0 Å². The van der Waals surface area contributed by atoms with Crippen molar-refractivity contribution in [3.8, 4) is 0 Å². The predicted octanol–water partition coefficient (Wildman–Crippen LogP) is 3.68. The van der Waals surface area contributed by atoms with Crippen molar-refractivity contribution in [2.75, 3.05) is 19.8 Å². The predicted molar refractivity (Wildman–Crippen MR) is 79.0 cm³/mol. The van der Waals surface area contributed by atoms with Gasteiger partial charge in [-0.3, -0.25) is 0 Å². The van der Waals surface area contributed by atoms with Crippen LogP contribution in [0.25, 0.3) is 10.8 Å².